The van der Waals surface area contributed by atoms with Gasteiger partial charge in [-0.1, -0.05) is 30.3 Å². The van der Waals surface area contributed by atoms with E-state index in [1.165, 1.54) is 12.1 Å². The number of aliphatic carboxylic acids is 2. The van der Waals surface area contributed by atoms with Crippen LogP contribution in [-0.4, -0.2) is 46.6 Å². The predicted octanol–water partition coefficient (Wildman–Crippen LogP) is 1.89. The number of rotatable bonds is 11. The van der Waals surface area contributed by atoms with Gasteiger partial charge < -0.3 is 25.6 Å². The molecule has 0 unspecified atom stereocenters. The van der Waals surface area contributed by atoms with Crippen molar-refractivity contribution >= 4 is 29.5 Å². The first-order valence-electron chi connectivity index (χ1n) is 9.14. The van der Waals surface area contributed by atoms with Crippen molar-refractivity contribution in [2.75, 3.05) is 11.9 Å². The number of esters is 1. The maximum atomic E-state index is 12.2. The highest BCUT2D eigenvalue weighted by molar-refractivity contribution is 5.97. The predicted molar refractivity (Wildman–Crippen MR) is 107 cm³/mol. The average molecular weight is 414 g/mol. The number of carbonyl (C=O) groups excluding carboxylic acids is 2. The third kappa shape index (κ3) is 7.63. The SMILES string of the molecule is O=C(O)CC[C@H](NC(=O)c1ccc(NCC(=O)OCc2ccccc2)cc1)C(=O)O. The Kier molecular flexibility index (Phi) is 8.37. The zero-order valence-electron chi connectivity index (χ0n) is 16.0. The van der Waals surface area contributed by atoms with Crippen LogP contribution in [0.15, 0.2) is 54.6 Å². The smallest absolute Gasteiger partial charge is 0.326 e. The molecule has 0 radical (unpaired) electrons. The Morgan fingerprint density at radius 1 is 0.933 bits per heavy atom. The van der Waals surface area contributed by atoms with Crippen molar-refractivity contribution in [2.45, 2.75) is 25.5 Å². The van der Waals surface area contributed by atoms with E-state index < -0.39 is 29.9 Å². The molecule has 0 heterocycles. The molecule has 0 bridgehead atoms. The second-order valence-corrected chi connectivity index (χ2v) is 6.37. The van der Waals surface area contributed by atoms with Crippen LogP contribution >= 0.6 is 0 Å². The molecule has 0 fully saturated rings. The zero-order valence-corrected chi connectivity index (χ0v) is 16.0. The molecule has 1 amide bonds. The molecule has 2 aromatic rings. The van der Waals surface area contributed by atoms with Crippen LogP contribution in [-0.2, 0) is 25.7 Å². The van der Waals surface area contributed by atoms with Crippen LogP contribution in [0.2, 0.25) is 0 Å². The van der Waals surface area contributed by atoms with Crippen LogP contribution in [0.4, 0.5) is 5.69 Å². The normalized spacial score (nSPS) is 11.2. The lowest BCUT2D eigenvalue weighted by Crippen LogP contribution is -2.41. The molecule has 0 saturated heterocycles. The summed E-state index contributed by atoms with van der Waals surface area (Å²) in [7, 11) is 0. The molecular weight excluding hydrogens is 392 g/mol. The molecule has 2 aromatic carbocycles. The number of carbonyl (C=O) groups is 4. The lowest BCUT2D eigenvalue weighted by Gasteiger charge is -2.14. The summed E-state index contributed by atoms with van der Waals surface area (Å²) in [6.07, 6.45) is -0.596. The Morgan fingerprint density at radius 3 is 2.20 bits per heavy atom. The first-order chi connectivity index (χ1) is 14.3. The second kappa shape index (κ2) is 11.2. The molecule has 0 aliphatic rings. The van der Waals surface area contributed by atoms with Gasteiger partial charge in [0.15, 0.2) is 0 Å². The summed E-state index contributed by atoms with van der Waals surface area (Å²) in [5.41, 5.74) is 1.65. The Balaban J connectivity index is 1.81. The minimum Gasteiger partial charge on any atom is -0.481 e. The Bertz CT molecular complexity index is 882. The second-order valence-electron chi connectivity index (χ2n) is 6.37. The quantitative estimate of drug-likeness (QED) is 0.408. The van der Waals surface area contributed by atoms with E-state index in [0.717, 1.165) is 5.56 Å². The monoisotopic (exact) mass is 414 g/mol. The van der Waals surface area contributed by atoms with E-state index in [1.807, 2.05) is 30.3 Å². The van der Waals surface area contributed by atoms with E-state index in [4.69, 9.17) is 14.9 Å². The summed E-state index contributed by atoms with van der Waals surface area (Å²) < 4.78 is 5.15. The average Bonchev–Trinajstić information content (AvgIpc) is 2.74. The Morgan fingerprint density at radius 2 is 1.60 bits per heavy atom. The van der Waals surface area contributed by atoms with Crippen LogP contribution < -0.4 is 10.6 Å². The summed E-state index contributed by atoms with van der Waals surface area (Å²) in [6, 6.07) is 14.0. The van der Waals surface area contributed by atoms with E-state index >= 15 is 0 Å². The van der Waals surface area contributed by atoms with Crippen LogP contribution in [0, 0.1) is 0 Å². The van der Waals surface area contributed by atoms with E-state index in [9.17, 15) is 19.2 Å². The lowest BCUT2D eigenvalue weighted by molar-refractivity contribution is -0.143. The molecular formula is C21H22N2O7. The first kappa shape index (κ1) is 22.4. The fraction of sp³-hybridized carbons (Fsp3) is 0.238. The van der Waals surface area contributed by atoms with Crippen molar-refractivity contribution in [1.29, 1.82) is 0 Å². The minimum atomic E-state index is -1.31. The number of carboxylic acid groups (broad SMARTS) is 2. The molecule has 1 atom stereocenters. The number of nitrogens with one attached hydrogen (secondary N) is 2. The van der Waals surface area contributed by atoms with Crippen molar-refractivity contribution < 1.29 is 34.1 Å². The molecule has 9 heteroatoms. The van der Waals surface area contributed by atoms with Gasteiger partial charge in [0.2, 0.25) is 0 Å². The molecule has 0 aliphatic heterocycles. The highest BCUT2D eigenvalue weighted by atomic mass is 16.5. The van der Waals surface area contributed by atoms with Crippen molar-refractivity contribution in [1.82, 2.24) is 5.32 Å². The summed E-state index contributed by atoms with van der Waals surface area (Å²) in [5, 5.41) is 22.9. The summed E-state index contributed by atoms with van der Waals surface area (Å²) in [5.74, 6) is -3.53. The lowest BCUT2D eigenvalue weighted by atomic mass is 10.1. The largest absolute Gasteiger partial charge is 0.481 e. The van der Waals surface area contributed by atoms with E-state index in [2.05, 4.69) is 10.6 Å². The highest BCUT2D eigenvalue weighted by Crippen LogP contribution is 2.10. The fourth-order valence-corrected chi connectivity index (χ4v) is 2.47. The Labute approximate surface area is 172 Å². The van der Waals surface area contributed by atoms with E-state index in [0.29, 0.717) is 5.69 Å². The van der Waals surface area contributed by atoms with Gasteiger partial charge in [0, 0.05) is 17.7 Å². The molecule has 30 heavy (non-hydrogen) atoms. The van der Waals surface area contributed by atoms with Gasteiger partial charge in [0.1, 0.15) is 19.2 Å². The molecule has 0 spiro atoms. The number of hydrogen-bond donors (Lipinski definition) is 4. The maximum Gasteiger partial charge on any atom is 0.326 e. The summed E-state index contributed by atoms with van der Waals surface area (Å²) in [4.78, 5) is 45.8. The van der Waals surface area contributed by atoms with Gasteiger partial charge in [-0.2, -0.15) is 0 Å². The van der Waals surface area contributed by atoms with Crippen molar-refractivity contribution in [3.63, 3.8) is 0 Å². The van der Waals surface area contributed by atoms with Crippen molar-refractivity contribution in [3.8, 4) is 0 Å². The Hall–Kier alpha value is -3.88. The van der Waals surface area contributed by atoms with Gasteiger partial charge >= 0.3 is 17.9 Å². The fourth-order valence-electron chi connectivity index (χ4n) is 2.47. The number of benzene rings is 2. The van der Waals surface area contributed by atoms with E-state index in [1.54, 1.807) is 12.1 Å². The van der Waals surface area contributed by atoms with Crippen molar-refractivity contribution in [2.24, 2.45) is 0 Å². The van der Waals surface area contributed by atoms with Gasteiger partial charge in [-0.25, -0.2) is 4.79 Å². The third-order valence-corrected chi connectivity index (χ3v) is 4.08. The number of ether oxygens (including phenoxy) is 1. The molecule has 0 saturated carbocycles. The minimum absolute atomic E-state index is 0.0609. The topological polar surface area (TPSA) is 142 Å². The van der Waals surface area contributed by atoms with Crippen LogP contribution in [0.25, 0.3) is 0 Å². The van der Waals surface area contributed by atoms with E-state index in [-0.39, 0.29) is 31.6 Å². The molecule has 0 aliphatic carbocycles. The zero-order chi connectivity index (χ0) is 21.9. The molecule has 158 valence electrons. The first-order valence-corrected chi connectivity index (χ1v) is 9.14. The van der Waals surface area contributed by atoms with Gasteiger partial charge in [-0.15, -0.1) is 0 Å². The standard InChI is InChI=1S/C21H22N2O7/c24-18(25)11-10-17(21(28)29)23-20(27)15-6-8-16(9-7-15)22-12-19(26)30-13-14-4-2-1-3-5-14/h1-9,17,22H,10-13H2,(H,23,27)(H,24,25)(H,28,29)/t17-/m0/s1. The van der Waals surface area contributed by atoms with Crippen LogP contribution in [0.5, 0.6) is 0 Å². The maximum absolute atomic E-state index is 12.2. The number of amides is 1. The third-order valence-electron chi connectivity index (χ3n) is 4.08. The highest BCUT2D eigenvalue weighted by Gasteiger charge is 2.21. The number of anilines is 1. The van der Waals surface area contributed by atoms with Gasteiger partial charge in [-0.05, 0) is 36.2 Å². The van der Waals surface area contributed by atoms with Gasteiger partial charge in [-0.3, -0.25) is 14.4 Å². The number of carboxylic acids is 2. The van der Waals surface area contributed by atoms with Gasteiger partial charge in [0.25, 0.3) is 5.91 Å². The van der Waals surface area contributed by atoms with Crippen molar-refractivity contribution in [3.05, 3.63) is 65.7 Å². The number of hydrogen-bond acceptors (Lipinski definition) is 6. The molecule has 4 N–H and O–H groups in total. The summed E-state index contributed by atoms with van der Waals surface area (Å²) in [6.45, 7) is 0.113. The van der Waals surface area contributed by atoms with Crippen LogP contribution in [0.3, 0.4) is 0 Å². The molecule has 0 aromatic heterocycles. The summed E-state index contributed by atoms with van der Waals surface area (Å²) >= 11 is 0. The molecule has 2 rings (SSSR count). The van der Waals surface area contributed by atoms with Crippen LogP contribution in [0.1, 0.15) is 28.8 Å². The molecule has 9 nitrogen and oxygen atoms in total. The van der Waals surface area contributed by atoms with Gasteiger partial charge in [0.05, 0.1) is 0 Å².